The Kier molecular flexibility index (Phi) is 4.50. The molecule has 0 N–H and O–H groups in total. The SMILES string of the molecule is CC(=O)Oc1cc(OC(C)=O)c2c(=O)c3c(oc2c1)oc1cc(OC(C)=O)ccc13. The van der Waals surface area contributed by atoms with E-state index in [1.807, 2.05) is 0 Å². The average Bonchev–Trinajstić information content (AvgIpc) is 2.97. The molecule has 152 valence electrons. The lowest BCUT2D eigenvalue weighted by molar-refractivity contribution is -0.133. The van der Waals surface area contributed by atoms with Crippen LogP contribution in [0.4, 0.5) is 0 Å². The lowest BCUT2D eigenvalue weighted by atomic mass is 10.1. The van der Waals surface area contributed by atoms with Crippen molar-refractivity contribution in [3.63, 3.8) is 0 Å². The van der Waals surface area contributed by atoms with Crippen molar-refractivity contribution in [2.24, 2.45) is 0 Å². The van der Waals surface area contributed by atoms with Gasteiger partial charge in [0.05, 0.1) is 0 Å². The fraction of sp³-hybridized carbons (Fsp3) is 0.143. The molecule has 0 saturated heterocycles. The molecular weight excluding hydrogens is 396 g/mol. The number of rotatable bonds is 3. The van der Waals surface area contributed by atoms with Crippen LogP contribution < -0.4 is 19.6 Å². The molecule has 0 radical (unpaired) electrons. The summed E-state index contributed by atoms with van der Waals surface area (Å²) in [5, 5.41) is 0.537. The summed E-state index contributed by atoms with van der Waals surface area (Å²) in [6, 6.07) is 7.10. The van der Waals surface area contributed by atoms with E-state index in [0.29, 0.717) is 5.39 Å². The maximum Gasteiger partial charge on any atom is 0.308 e. The zero-order chi connectivity index (χ0) is 21.6. The first-order valence-electron chi connectivity index (χ1n) is 8.75. The second-order valence-corrected chi connectivity index (χ2v) is 6.43. The fourth-order valence-electron chi connectivity index (χ4n) is 3.13. The molecule has 2 aromatic heterocycles. The molecule has 4 rings (SSSR count). The van der Waals surface area contributed by atoms with E-state index in [0.717, 1.165) is 0 Å². The van der Waals surface area contributed by atoms with Crippen LogP contribution >= 0.6 is 0 Å². The van der Waals surface area contributed by atoms with Gasteiger partial charge in [0.2, 0.25) is 5.43 Å². The standard InChI is InChI=1S/C21H14O9/c1-9(22)26-12-4-5-14-15(6-12)29-21-18(14)20(25)19-16(28-11(3)24)7-13(27-10(2)23)8-17(19)30-21/h4-8H,1-3H3. The molecule has 30 heavy (non-hydrogen) atoms. The highest BCUT2D eigenvalue weighted by Gasteiger charge is 2.21. The zero-order valence-corrected chi connectivity index (χ0v) is 16.1. The van der Waals surface area contributed by atoms with E-state index in [9.17, 15) is 19.2 Å². The highest BCUT2D eigenvalue weighted by Crippen LogP contribution is 2.35. The second-order valence-electron chi connectivity index (χ2n) is 6.43. The van der Waals surface area contributed by atoms with Gasteiger partial charge in [-0.1, -0.05) is 0 Å². The summed E-state index contributed by atoms with van der Waals surface area (Å²) >= 11 is 0. The maximum absolute atomic E-state index is 13.3. The van der Waals surface area contributed by atoms with Crippen molar-refractivity contribution in [3.05, 3.63) is 40.6 Å². The number of ether oxygens (including phenoxy) is 3. The summed E-state index contributed by atoms with van der Waals surface area (Å²) in [4.78, 5) is 47.3. The van der Waals surface area contributed by atoms with E-state index in [2.05, 4.69) is 0 Å². The maximum atomic E-state index is 13.3. The van der Waals surface area contributed by atoms with Gasteiger partial charge in [0.15, 0.2) is 0 Å². The summed E-state index contributed by atoms with van der Waals surface area (Å²) < 4.78 is 26.6. The topological polar surface area (TPSA) is 122 Å². The number of carbonyl (C=O) groups excluding carboxylic acids is 3. The van der Waals surface area contributed by atoms with Gasteiger partial charge in [-0.3, -0.25) is 19.2 Å². The summed E-state index contributed by atoms with van der Waals surface area (Å²) in [5.41, 5.74) is -0.244. The van der Waals surface area contributed by atoms with Crippen molar-refractivity contribution in [3.8, 4) is 17.2 Å². The lowest BCUT2D eigenvalue weighted by Crippen LogP contribution is -2.09. The minimum atomic E-state index is -0.668. The van der Waals surface area contributed by atoms with Crippen LogP contribution in [0.2, 0.25) is 0 Å². The van der Waals surface area contributed by atoms with E-state index in [-0.39, 0.29) is 45.0 Å². The van der Waals surface area contributed by atoms with Gasteiger partial charge in [0.25, 0.3) is 0 Å². The summed E-state index contributed by atoms with van der Waals surface area (Å²) in [5.74, 6) is -1.71. The Morgan fingerprint density at radius 2 is 1.33 bits per heavy atom. The smallest absolute Gasteiger partial charge is 0.308 e. The number of esters is 3. The van der Waals surface area contributed by atoms with Crippen molar-refractivity contribution in [2.45, 2.75) is 20.8 Å². The highest BCUT2D eigenvalue weighted by molar-refractivity contribution is 6.07. The van der Waals surface area contributed by atoms with E-state index >= 15 is 0 Å². The van der Waals surface area contributed by atoms with E-state index < -0.39 is 23.3 Å². The molecule has 9 nitrogen and oxygen atoms in total. The third-order valence-electron chi connectivity index (χ3n) is 4.10. The van der Waals surface area contributed by atoms with Gasteiger partial charge in [0, 0.05) is 44.4 Å². The van der Waals surface area contributed by atoms with E-state index in [4.69, 9.17) is 23.0 Å². The Balaban J connectivity index is 2.03. The first-order valence-corrected chi connectivity index (χ1v) is 8.75. The normalized spacial score (nSPS) is 11.0. The lowest BCUT2D eigenvalue weighted by Gasteiger charge is -2.08. The second kappa shape index (κ2) is 7.03. The molecule has 0 aliphatic carbocycles. The van der Waals surface area contributed by atoms with E-state index in [1.54, 1.807) is 6.07 Å². The van der Waals surface area contributed by atoms with E-state index in [1.165, 1.54) is 45.0 Å². The number of furan rings is 1. The minimum Gasteiger partial charge on any atom is -0.427 e. The van der Waals surface area contributed by atoms with Crippen molar-refractivity contribution < 1.29 is 37.4 Å². The first kappa shape index (κ1) is 19.2. The third-order valence-corrected chi connectivity index (χ3v) is 4.10. The number of carbonyl (C=O) groups is 3. The van der Waals surface area contributed by atoms with Crippen molar-refractivity contribution in [1.29, 1.82) is 0 Å². The number of fused-ring (bicyclic) bond motifs is 4. The van der Waals surface area contributed by atoms with Crippen LogP contribution in [-0.4, -0.2) is 17.9 Å². The monoisotopic (exact) mass is 410 g/mol. The van der Waals surface area contributed by atoms with Gasteiger partial charge >= 0.3 is 23.7 Å². The molecule has 0 unspecified atom stereocenters. The average molecular weight is 410 g/mol. The molecule has 0 saturated carbocycles. The summed E-state index contributed by atoms with van der Waals surface area (Å²) in [6.07, 6.45) is 0. The van der Waals surface area contributed by atoms with Gasteiger partial charge < -0.3 is 23.0 Å². The Hall–Kier alpha value is -4.14. The molecule has 2 heterocycles. The number of benzene rings is 2. The quantitative estimate of drug-likeness (QED) is 0.369. The van der Waals surface area contributed by atoms with Crippen LogP contribution in [0.5, 0.6) is 17.2 Å². The molecule has 9 heteroatoms. The molecule has 2 aromatic carbocycles. The zero-order valence-electron chi connectivity index (χ0n) is 16.1. The summed E-state index contributed by atoms with van der Waals surface area (Å²) in [7, 11) is 0. The van der Waals surface area contributed by atoms with Crippen molar-refractivity contribution in [2.75, 3.05) is 0 Å². The molecule has 0 aliphatic heterocycles. The minimum absolute atomic E-state index is 0.00163. The van der Waals surface area contributed by atoms with Crippen LogP contribution in [-0.2, 0) is 14.4 Å². The Morgan fingerprint density at radius 1 is 0.733 bits per heavy atom. The van der Waals surface area contributed by atoms with Crippen LogP contribution in [0.25, 0.3) is 33.1 Å². The predicted molar refractivity (Wildman–Crippen MR) is 104 cm³/mol. The Labute approximate surface area is 167 Å². The van der Waals surface area contributed by atoms with Gasteiger partial charge in [-0.05, 0) is 12.1 Å². The molecule has 0 bridgehead atoms. The summed E-state index contributed by atoms with van der Waals surface area (Å²) in [6.45, 7) is 3.64. The largest absolute Gasteiger partial charge is 0.427 e. The first-order chi connectivity index (χ1) is 14.2. The van der Waals surface area contributed by atoms with Gasteiger partial charge in [-0.25, -0.2) is 0 Å². The van der Waals surface area contributed by atoms with Crippen molar-refractivity contribution in [1.82, 2.24) is 0 Å². The third kappa shape index (κ3) is 3.37. The van der Waals surface area contributed by atoms with Gasteiger partial charge in [-0.15, -0.1) is 0 Å². The number of hydrogen-bond acceptors (Lipinski definition) is 9. The molecule has 0 amide bonds. The van der Waals surface area contributed by atoms with Crippen LogP contribution in [0, 0.1) is 0 Å². The fourth-order valence-corrected chi connectivity index (χ4v) is 3.13. The van der Waals surface area contributed by atoms with Gasteiger partial charge in [-0.2, -0.15) is 0 Å². The van der Waals surface area contributed by atoms with Crippen LogP contribution in [0.3, 0.4) is 0 Å². The van der Waals surface area contributed by atoms with Crippen LogP contribution in [0.15, 0.2) is 44.0 Å². The molecule has 0 aliphatic rings. The molecule has 0 spiro atoms. The predicted octanol–water partition coefficient (Wildman–Crippen LogP) is 3.47. The Bertz CT molecular complexity index is 1420. The Morgan fingerprint density at radius 3 is 2.00 bits per heavy atom. The number of hydrogen-bond donors (Lipinski definition) is 0. The van der Waals surface area contributed by atoms with Crippen molar-refractivity contribution >= 4 is 51.0 Å². The molecule has 4 aromatic rings. The van der Waals surface area contributed by atoms with Crippen LogP contribution in [0.1, 0.15) is 20.8 Å². The highest BCUT2D eigenvalue weighted by atomic mass is 16.5. The molecule has 0 atom stereocenters. The van der Waals surface area contributed by atoms with Gasteiger partial charge in [0.1, 0.15) is 39.2 Å². The molecular formula is C21H14O9. The molecule has 0 fully saturated rings.